The van der Waals surface area contributed by atoms with Crippen molar-refractivity contribution < 1.29 is 4.42 Å². The molecular weight excluding hydrogens is 304 g/mol. The van der Waals surface area contributed by atoms with Crippen LogP contribution in [0.5, 0.6) is 0 Å². The number of halogens is 1. The van der Waals surface area contributed by atoms with Crippen LogP contribution in [-0.4, -0.2) is 13.6 Å². The summed E-state index contributed by atoms with van der Waals surface area (Å²) in [5.74, 6) is 0.976. The number of hydrogen-bond donors (Lipinski definition) is 1. The average Bonchev–Trinajstić information content (AvgIpc) is 2.75. The molecule has 0 bridgehead atoms. The molecule has 3 nitrogen and oxygen atoms in total. The molecule has 0 aliphatic carbocycles. The first-order chi connectivity index (χ1) is 9.11. The zero-order valence-corrected chi connectivity index (χ0v) is 12.9. The molecule has 19 heavy (non-hydrogen) atoms. The van der Waals surface area contributed by atoms with Crippen LogP contribution < -0.4 is 10.6 Å². The monoisotopic (exact) mass is 322 g/mol. The van der Waals surface area contributed by atoms with E-state index in [1.165, 1.54) is 16.8 Å². The molecule has 0 saturated heterocycles. The number of hydrogen-bond acceptors (Lipinski definition) is 3. The molecule has 1 aromatic carbocycles. The minimum Gasteiger partial charge on any atom is -0.469 e. The highest BCUT2D eigenvalue weighted by Gasteiger charge is 2.10. The maximum absolute atomic E-state index is 5.69. The summed E-state index contributed by atoms with van der Waals surface area (Å²) >= 11 is 3.51. The van der Waals surface area contributed by atoms with Gasteiger partial charge >= 0.3 is 0 Å². The fourth-order valence-corrected chi connectivity index (χ4v) is 2.61. The molecule has 0 atom stereocenters. The average molecular weight is 323 g/mol. The van der Waals surface area contributed by atoms with E-state index in [2.05, 4.69) is 46.1 Å². The van der Waals surface area contributed by atoms with Crippen molar-refractivity contribution in [1.82, 2.24) is 0 Å². The second-order valence-electron chi connectivity index (χ2n) is 4.67. The van der Waals surface area contributed by atoms with Gasteiger partial charge < -0.3 is 15.1 Å². The lowest BCUT2D eigenvalue weighted by atomic mass is 10.1. The smallest absolute Gasteiger partial charge is 0.105 e. The Labute approximate surface area is 122 Å². The molecule has 2 N–H and O–H groups in total. The van der Waals surface area contributed by atoms with E-state index in [0.717, 1.165) is 23.2 Å². The van der Waals surface area contributed by atoms with Crippen LogP contribution in [0.2, 0.25) is 0 Å². The SMILES string of the molecule is Cc1occc1CN(C)c1ccc(Br)cc1CCN. The third kappa shape index (κ3) is 3.39. The van der Waals surface area contributed by atoms with E-state index < -0.39 is 0 Å². The van der Waals surface area contributed by atoms with Crippen molar-refractivity contribution in [2.75, 3.05) is 18.5 Å². The van der Waals surface area contributed by atoms with Gasteiger partial charge in [-0.3, -0.25) is 0 Å². The van der Waals surface area contributed by atoms with Crippen LogP contribution in [0.15, 0.2) is 39.4 Å². The molecule has 2 rings (SSSR count). The van der Waals surface area contributed by atoms with Crippen molar-refractivity contribution in [3.63, 3.8) is 0 Å². The van der Waals surface area contributed by atoms with Crippen molar-refractivity contribution in [3.8, 4) is 0 Å². The highest BCUT2D eigenvalue weighted by Crippen LogP contribution is 2.26. The van der Waals surface area contributed by atoms with Crippen LogP contribution in [0.4, 0.5) is 5.69 Å². The quantitative estimate of drug-likeness (QED) is 0.916. The molecule has 1 heterocycles. The Morgan fingerprint density at radius 2 is 2.05 bits per heavy atom. The summed E-state index contributed by atoms with van der Waals surface area (Å²) in [6.45, 7) is 3.48. The molecule has 1 aromatic heterocycles. The van der Waals surface area contributed by atoms with E-state index in [1.54, 1.807) is 6.26 Å². The number of aryl methyl sites for hydroxylation is 1. The summed E-state index contributed by atoms with van der Waals surface area (Å²) in [5, 5.41) is 0. The van der Waals surface area contributed by atoms with Gasteiger partial charge in [-0.1, -0.05) is 15.9 Å². The van der Waals surface area contributed by atoms with Gasteiger partial charge in [0.05, 0.1) is 6.26 Å². The zero-order valence-electron chi connectivity index (χ0n) is 11.3. The van der Waals surface area contributed by atoms with Crippen molar-refractivity contribution in [2.24, 2.45) is 5.73 Å². The van der Waals surface area contributed by atoms with Crippen LogP contribution in [0.1, 0.15) is 16.9 Å². The number of anilines is 1. The van der Waals surface area contributed by atoms with E-state index >= 15 is 0 Å². The number of furan rings is 1. The minimum atomic E-state index is 0.655. The van der Waals surface area contributed by atoms with Gasteiger partial charge in [-0.2, -0.15) is 0 Å². The Hall–Kier alpha value is -1.26. The largest absolute Gasteiger partial charge is 0.469 e. The fourth-order valence-electron chi connectivity index (χ4n) is 2.20. The van der Waals surface area contributed by atoms with Crippen LogP contribution in [-0.2, 0) is 13.0 Å². The highest BCUT2D eigenvalue weighted by molar-refractivity contribution is 9.10. The molecule has 4 heteroatoms. The van der Waals surface area contributed by atoms with Gasteiger partial charge in [0.15, 0.2) is 0 Å². The predicted octanol–water partition coefficient (Wildman–Crippen LogP) is 3.49. The standard InChI is InChI=1S/C15H19BrN2O/c1-11-13(6-8-19-11)10-18(2)15-4-3-14(16)9-12(15)5-7-17/h3-4,6,8-9H,5,7,10,17H2,1-2H3. The lowest BCUT2D eigenvalue weighted by Gasteiger charge is -2.22. The van der Waals surface area contributed by atoms with Gasteiger partial charge in [-0.25, -0.2) is 0 Å². The van der Waals surface area contributed by atoms with E-state index in [4.69, 9.17) is 10.2 Å². The molecule has 102 valence electrons. The molecule has 0 aliphatic rings. The van der Waals surface area contributed by atoms with E-state index in [-0.39, 0.29) is 0 Å². The van der Waals surface area contributed by atoms with Crippen LogP contribution in [0, 0.1) is 6.92 Å². The molecule has 0 unspecified atom stereocenters. The molecule has 0 saturated carbocycles. The minimum absolute atomic E-state index is 0.655. The molecule has 0 spiro atoms. The third-order valence-corrected chi connectivity index (χ3v) is 3.73. The molecule has 2 aromatic rings. The summed E-state index contributed by atoms with van der Waals surface area (Å²) < 4.78 is 6.43. The first-order valence-electron chi connectivity index (χ1n) is 6.34. The van der Waals surface area contributed by atoms with Gasteiger partial charge in [-0.05, 0) is 49.7 Å². The van der Waals surface area contributed by atoms with E-state index in [9.17, 15) is 0 Å². The van der Waals surface area contributed by atoms with Crippen molar-refractivity contribution >= 4 is 21.6 Å². The van der Waals surface area contributed by atoms with Gasteiger partial charge in [-0.15, -0.1) is 0 Å². The fraction of sp³-hybridized carbons (Fsp3) is 0.333. The first-order valence-corrected chi connectivity index (χ1v) is 7.13. The lowest BCUT2D eigenvalue weighted by Crippen LogP contribution is -2.19. The summed E-state index contributed by atoms with van der Waals surface area (Å²) in [4.78, 5) is 2.23. The predicted molar refractivity (Wildman–Crippen MR) is 82.5 cm³/mol. The number of nitrogens with two attached hydrogens (primary N) is 1. The summed E-state index contributed by atoms with van der Waals surface area (Å²) in [6, 6.07) is 8.35. The van der Waals surface area contributed by atoms with Crippen LogP contribution in [0.3, 0.4) is 0 Å². The number of rotatable bonds is 5. The lowest BCUT2D eigenvalue weighted by molar-refractivity contribution is 0.529. The maximum Gasteiger partial charge on any atom is 0.105 e. The van der Waals surface area contributed by atoms with Gasteiger partial charge in [0.25, 0.3) is 0 Å². The number of nitrogens with zero attached hydrogens (tertiary/aromatic N) is 1. The van der Waals surface area contributed by atoms with Crippen molar-refractivity contribution in [2.45, 2.75) is 19.9 Å². The van der Waals surface area contributed by atoms with Crippen molar-refractivity contribution in [3.05, 3.63) is 51.9 Å². The van der Waals surface area contributed by atoms with Gasteiger partial charge in [0, 0.05) is 29.3 Å². The topological polar surface area (TPSA) is 42.4 Å². The first kappa shape index (κ1) is 14.2. The zero-order chi connectivity index (χ0) is 13.8. The Morgan fingerprint density at radius 3 is 2.68 bits per heavy atom. The summed E-state index contributed by atoms with van der Waals surface area (Å²) in [6.07, 6.45) is 2.62. The molecule has 0 amide bonds. The molecular formula is C15H19BrN2O. The normalized spacial score (nSPS) is 10.7. The third-order valence-electron chi connectivity index (χ3n) is 3.24. The van der Waals surface area contributed by atoms with Gasteiger partial charge in [0.2, 0.25) is 0 Å². The highest BCUT2D eigenvalue weighted by atomic mass is 79.9. The Bertz CT molecular complexity index is 551. The number of benzene rings is 1. The molecule has 0 fully saturated rings. The van der Waals surface area contributed by atoms with Crippen LogP contribution >= 0.6 is 15.9 Å². The second-order valence-corrected chi connectivity index (χ2v) is 5.59. The summed E-state index contributed by atoms with van der Waals surface area (Å²) in [5.41, 5.74) is 9.38. The van der Waals surface area contributed by atoms with Gasteiger partial charge in [0.1, 0.15) is 5.76 Å². The van der Waals surface area contributed by atoms with Crippen molar-refractivity contribution in [1.29, 1.82) is 0 Å². The second kappa shape index (κ2) is 6.26. The molecule has 0 radical (unpaired) electrons. The van der Waals surface area contributed by atoms with E-state index in [1.807, 2.05) is 13.0 Å². The van der Waals surface area contributed by atoms with E-state index in [0.29, 0.717) is 6.54 Å². The Morgan fingerprint density at radius 1 is 1.26 bits per heavy atom. The Balaban J connectivity index is 2.23. The summed E-state index contributed by atoms with van der Waals surface area (Å²) in [7, 11) is 2.09. The maximum atomic E-state index is 5.69. The molecule has 0 aliphatic heterocycles. The van der Waals surface area contributed by atoms with Crippen LogP contribution in [0.25, 0.3) is 0 Å². The Kier molecular flexibility index (Phi) is 4.66.